The molecule has 0 aromatic rings. The lowest BCUT2D eigenvalue weighted by molar-refractivity contribution is -0.288. The maximum absolute atomic E-state index is 10.7. The van der Waals surface area contributed by atoms with Gasteiger partial charge in [-0.3, -0.25) is 0 Å². The second-order valence-corrected chi connectivity index (χ2v) is 10.9. The number of alkyl halides is 1. The molecule has 2 heterocycles. The summed E-state index contributed by atoms with van der Waals surface area (Å²) in [7, 11) is 3.56. The first kappa shape index (κ1) is 26.9. The molecule has 11 nitrogen and oxygen atoms in total. The van der Waals surface area contributed by atoms with Crippen LogP contribution in [0, 0.1) is 0 Å². The zero-order chi connectivity index (χ0) is 23.6. The van der Waals surface area contributed by atoms with Crippen molar-refractivity contribution in [3.63, 3.8) is 0 Å². The highest BCUT2D eigenvalue weighted by molar-refractivity contribution is 14.1. The lowest BCUT2D eigenvalue weighted by Gasteiger charge is -2.48. The van der Waals surface area contributed by atoms with E-state index in [-0.39, 0.29) is 34.8 Å². The minimum Gasteiger partial charge on any atom is -0.386 e. The van der Waals surface area contributed by atoms with E-state index < -0.39 is 42.5 Å². The zero-order valence-electron chi connectivity index (χ0n) is 19.0. The highest BCUT2D eigenvalue weighted by Gasteiger charge is 2.50. The summed E-state index contributed by atoms with van der Waals surface area (Å²) < 4.78 is 24.0. The van der Waals surface area contributed by atoms with Crippen molar-refractivity contribution in [3.8, 4) is 0 Å². The van der Waals surface area contributed by atoms with Crippen LogP contribution in [0.3, 0.4) is 0 Å². The molecule has 12 unspecified atom stereocenters. The highest BCUT2D eigenvalue weighted by atomic mass is 127. The third kappa shape index (κ3) is 5.91. The van der Waals surface area contributed by atoms with Gasteiger partial charge in [0.15, 0.2) is 12.6 Å². The molecule has 3 aliphatic rings. The monoisotopic (exact) mass is 573 g/mol. The topological polar surface area (TPSA) is 179 Å². The Bertz CT molecular complexity index is 607. The largest absolute Gasteiger partial charge is 0.386 e. The van der Waals surface area contributed by atoms with Crippen molar-refractivity contribution in [2.24, 2.45) is 17.2 Å². The first-order valence-corrected chi connectivity index (χ1v) is 12.5. The fraction of sp³-hybridized carbons (Fsp3) is 1.00. The van der Waals surface area contributed by atoms with Gasteiger partial charge in [-0.1, -0.05) is 22.6 Å². The molecule has 1 aliphatic carbocycles. The minimum absolute atomic E-state index is 0.0190. The molecule has 3 rings (SSSR count). The Kier molecular flexibility index (Phi) is 9.54. The zero-order valence-corrected chi connectivity index (χ0v) is 21.2. The SMILES string of the molecule is CNCC1CCC(N)C(OC2C(N)CC(N)C(OC3OCC(C)(O)C(NC)C3O)C2I)O1. The van der Waals surface area contributed by atoms with Crippen LogP contribution < -0.4 is 27.8 Å². The smallest absolute Gasteiger partial charge is 0.185 e. The van der Waals surface area contributed by atoms with E-state index in [1.54, 1.807) is 14.0 Å². The van der Waals surface area contributed by atoms with Gasteiger partial charge in [-0.05, 0) is 40.3 Å². The van der Waals surface area contributed by atoms with Gasteiger partial charge in [-0.25, -0.2) is 0 Å². The predicted molar refractivity (Wildman–Crippen MR) is 127 cm³/mol. The van der Waals surface area contributed by atoms with Crippen molar-refractivity contribution in [2.75, 3.05) is 27.2 Å². The van der Waals surface area contributed by atoms with E-state index in [1.165, 1.54) is 0 Å². The average Bonchev–Trinajstić information content (AvgIpc) is 2.72. The Hall–Kier alpha value is 0.290. The summed E-state index contributed by atoms with van der Waals surface area (Å²) in [5.41, 5.74) is 17.9. The van der Waals surface area contributed by atoms with E-state index in [0.717, 1.165) is 19.4 Å². The van der Waals surface area contributed by atoms with E-state index in [4.69, 9.17) is 36.1 Å². The number of nitrogens with two attached hydrogens (primary N) is 3. The van der Waals surface area contributed by atoms with Crippen molar-refractivity contribution in [1.29, 1.82) is 0 Å². The van der Waals surface area contributed by atoms with Crippen molar-refractivity contribution in [2.45, 2.75) is 96.9 Å². The number of aliphatic hydroxyl groups is 2. The van der Waals surface area contributed by atoms with Crippen LogP contribution in [0.15, 0.2) is 0 Å². The van der Waals surface area contributed by atoms with Crippen molar-refractivity contribution in [3.05, 3.63) is 0 Å². The number of likely N-dealkylation sites (N-methyl/N-ethyl adjacent to an activating group) is 2. The third-order valence-corrected chi connectivity index (χ3v) is 8.09. The summed E-state index contributed by atoms with van der Waals surface area (Å²) >= 11 is 2.24. The number of hydrogen-bond acceptors (Lipinski definition) is 11. The summed E-state index contributed by atoms with van der Waals surface area (Å²) in [6, 6.07) is -1.53. The maximum atomic E-state index is 10.7. The molecule has 0 spiro atoms. The fourth-order valence-corrected chi connectivity index (χ4v) is 6.26. The number of halogens is 1. The van der Waals surface area contributed by atoms with E-state index in [9.17, 15) is 10.2 Å². The molecule has 2 saturated heterocycles. The van der Waals surface area contributed by atoms with Crippen LogP contribution in [-0.2, 0) is 18.9 Å². The van der Waals surface area contributed by atoms with Crippen molar-refractivity contribution >= 4 is 22.6 Å². The summed E-state index contributed by atoms with van der Waals surface area (Å²) in [6.45, 7) is 2.35. The summed E-state index contributed by atoms with van der Waals surface area (Å²) in [4.78, 5) is 0. The molecule has 0 bridgehead atoms. The number of rotatable bonds is 7. The van der Waals surface area contributed by atoms with Crippen LogP contribution in [0.1, 0.15) is 26.2 Å². The van der Waals surface area contributed by atoms with Gasteiger partial charge in [0.25, 0.3) is 0 Å². The number of hydrogen-bond donors (Lipinski definition) is 7. The van der Waals surface area contributed by atoms with Gasteiger partial charge in [0.05, 0.1) is 40.9 Å². The molecular formula is C20H40IN5O6. The lowest BCUT2D eigenvalue weighted by atomic mass is 9.86. The Morgan fingerprint density at radius 1 is 1.06 bits per heavy atom. The van der Waals surface area contributed by atoms with Gasteiger partial charge in [0.1, 0.15) is 11.7 Å². The van der Waals surface area contributed by atoms with Crippen LogP contribution in [0.4, 0.5) is 0 Å². The quantitative estimate of drug-likeness (QED) is 0.129. The lowest BCUT2D eigenvalue weighted by Crippen LogP contribution is -2.68. The predicted octanol–water partition coefficient (Wildman–Crippen LogP) is -2.27. The van der Waals surface area contributed by atoms with Gasteiger partial charge < -0.3 is 57.0 Å². The normalized spacial score (nSPS) is 50.3. The molecule has 3 fully saturated rings. The molecule has 12 heteroatoms. The Balaban J connectivity index is 1.67. The molecule has 0 aromatic heterocycles. The van der Waals surface area contributed by atoms with Crippen LogP contribution >= 0.6 is 22.6 Å². The molecule has 188 valence electrons. The van der Waals surface area contributed by atoms with Crippen molar-refractivity contribution in [1.82, 2.24) is 10.6 Å². The summed E-state index contributed by atoms with van der Waals surface area (Å²) in [5.74, 6) is 0. The van der Waals surface area contributed by atoms with Crippen LogP contribution in [-0.4, -0.2) is 108 Å². The maximum Gasteiger partial charge on any atom is 0.185 e. The molecule has 0 amide bonds. The summed E-state index contributed by atoms with van der Waals surface area (Å²) in [5, 5.41) is 27.3. The Morgan fingerprint density at radius 3 is 2.28 bits per heavy atom. The van der Waals surface area contributed by atoms with Crippen LogP contribution in [0.2, 0.25) is 0 Å². The van der Waals surface area contributed by atoms with Gasteiger partial charge in [0, 0.05) is 18.6 Å². The van der Waals surface area contributed by atoms with Gasteiger partial charge in [0.2, 0.25) is 0 Å². The first-order chi connectivity index (χ1) is 15.1. The van der Waals surface area contributed by atoms with E-state index in [0.29, 0.717) is 6.42 Å². The minimum atomic E-state index is -1.22. The average molecular weight is 573 g/mol. The number of nitrogens with one attached hydrogen (secondary N) is 2. The van der Waals surface area contributed by atoms with E-state index in [2.05, 4.69) is 33.2 Å². The molecule has 12 atom stereocenters. The summed E-state index contributed by atoms with van der Waals surface area (Å²) in [6.07, 6.45) is -1.27. The number of aliphatic hydroxyl groups excluding tert-OH is 1. The van der Waals surface area contributed by atoms with Gasteiger partial charge in [-0.15, -0.1) is 0 Å². The standard InChI is InChI=1S/C20H40IN5O6/c1-20(28)8-29-19(14(27)17(20)26-3)32-16-12(24)6-11(23)15(13(16)21)31-18-10(22)5-4-9(30-18)7-25-2/h9-19,25-28H,4-8,22-24H2,1-3H3. The van der Waals surface area contributed by atoms with E-state index in [1.807, 2.05) is 7.05 Å². The Labute approximate surface area is 203 Å². The molecule has 0 aromatic carbocycles. The molecule has 1 saturated carbocycles. The Morgan fingerprint density at radius 2 is 1.69 bits per heavy atom. The van der Waals surface area contributed by atoms with Gasteiger partial charge in [-0.2, -0.15) is 0 Å². The third-order valence-electron chi connectivity index (χ3n) is 6.67. The van der Waals surface area contributed by atoms with E-state index >= 15 is 0 Å². The second kappa shape index (κ2) is 11.4. The van der Waals surface area contributed by atoms with Crippen molar-refractivity contribution < 1.29 is 29.2 Å². The number of ether oxygens (including phenoxy) is 4. The highest BCUT2D eigenvalue weighted by Crippen LogP contribution is 2.34. The molecule has 0 radical (unpaired) electrons. The second-order valence-electron chi connectivity index (χ2n) is 9.43. The molecule has 32 heavy (non-hydrogen) atoms. The van der Waals surface area contributed by atoms with Gasteiger partial charge >= 0.3 is 0 Å². The van der Waals surface area contributed by atoms with Crippen LogP contribution in [0.5, 0.6) is 0 Å². The van der Waals surface area contributed by atoms with Crippen LogP contribution in [0.25, 0.3) is 0 Å². The fourth-order valence-electron chi connectivity index (χ4n) is 4.85. The first-order valence-electron chi connectivity index (χ1n) is 11.3. The molecular weight excluding hydrogens is 533 g/mol. The molecule has 2 aliphatic heterocycles. The molecule has 10 N–H and O–H groups in total.